The third-order valence-corrected chi connectivity index (χ3v) is 3.41. The smallest absolute Gasteiger partial charge is 0.124 e. The molecule has 2 aromatic rings. The van der Waals surface area contributed by atoms with Crippen LogP contribution in [-0.4, -0.2) is 6.54 Å². The first-order valence-electron chi connectivity index (χ1n) is 5.86. The van der Waals surface area contributed by atoms with Crippen LogP contribution in [-0.2, 0) is 11.5 Å². The Morgan fingerprint density at radius 2 is 2.16 bits per heavy atom. The second-order valence-corrected chi connectivity index (χ2v) is 4.91. The number of benzene rings is 1. The summed E-state index contributed by atoms with van der Waals surface area (Å²) < 4.78 is 18.7. The highest BCUT2D eigenvalue weighted by molar-refractivity contribution is 7.97. The van der Waals surface area contributed by atoms with Crippen molar-refractivity contribution >= 4 is 11.8 Å². The fourth-order valence-corrected chi connectivity index (χ4v) is 2.49. The van der Waals surface area contributed by atoms with Crippen LogP contribution in [0, 0.1) is 17.7 Å². The minimum absolute atomic E-state index is 0.266. The third kappa shape index (κ3) is 4.47. The van der Waals surface area contributed by atoms with Crippen molar-refractivity contribution in [2.75, 3.05) is 6.54 Å². The number of hydrogen-bond donors (Lipinski definition) is 1. The molecule has 19 heavy (non-hydrogen) atoms. The molecular weight excluding hydrogens is 261 g/mol. The Hall–Kier alpha value is -1.70. The maximum absolute atomic E-state index is 13.4. The number of hydrogen-bond acceptors (Lipinski definition) is 3. The van der Waals surface area contributed by atoms with Gasteiger partial charge in [0.2, 0.25) is 0 Å². The van der Waals surface area contributed by atoms with Crippen molar-refractivity contribution < 1.29 is 8.81 Å². The average molecular weight is 275 g/mol. The second kappa shape index (κ2) is 7.03. The molecule has 1 aromatic carbocycles. The van der Waals surface area contributed by atoms with Crippen molar-refractivity contribution in [2.45, 2.75) is 11.5 Å². The molecule has 1 heterocycles. The zero-order valence-corrected chi connectivity index (χ0v) is 11.2. The third-order valence-electron chi connectivity index (χ3n) is 2.39. The Bertz CT molecular complexity index is 584. The van der Waals surface area contributed by atoms with E-state index in [0.29, 0.717) is 5.56 Å². The number of halogens is 1. The minimum Gasteiger partial charge on any atom is -0.468 e. The van der Waals surface area contributed by atoms with Crippen LogP contribution in [0.4, 0.5) is 4.39 Å². The molecule has 0 aliphatic carbocycles. The monoisotopic (exact) mass is 275 g/mol. The van der Waals surface area contributed by atoms with E-state index in [1.807, 2.05) is 18.2 Å². The predicted molar refractivity (Wildman–Crippen MR) is 76.0 cm³/mol. The Balaban J connectivity index is 1.97. The van der Waals surface area contributed by atoms with Gasteiger partial charge in [-0.05, 0) is 35.9 Å². The highest BCUT2D eigenvalue weighted by Crippen LogP contribution is 2.19. The number of nitrogens with two attached hydrogens (primary N) is 1. The van der Waals surface area contributed by atoms with Gasteiger partial charge in [0.25, 0.3) is 0 Å². The summed E-state index contributed by atoms with van der Waals surface area (Å²) in [7, 11) is 0. The van der Waals surface area contributed by atoms with Crippen molar-refractivity contribution in [1.29, 1.82) is 0 Å². The molecule has 0 saturated carbocycles. The topological polar surface area (TPSA) is 39.2 Å². The van der Waals surface area contributed by atoms with Gasteiger partial charge in [-0.15, -0.1) is 11.8 Å². The van der Waals surface area contributed by atoms with E-state index in [9.17, 15) is 4.39 Å². The lowest BCUT2D eigenvalue weighted by atomic mass is 10.1. The van der Waals surface area contributed by atoms with Crippen LogP contribution in [0.3, 0.4) is 0 Å². The average Bonchev–Trinajstić information content (AvgIpc) is 2.89. The normalized spacial score (nSPS) is 10.0. The summed E-state index contributed by atoms with van der Waals surface area (Å²) in [5, 5.41) is 0. The molecule has 0 spiro atoms. The van der Waals surface area contributed by atoms with Crippen molar-refractivity contribution in [3.63, 3.8) is 0 Å². The quantitative estimate of drug-likeness (QED) is 0.871. The molecule has 0 aliphatic rings. The zero-order chi connectivity index (χ0) is 13.5. The molecule has 0 fully saturated rings. The SMILES string of the molecule is NCC#Cc1cc(F)cc(CSCc2ccco2)c1. The molecule has 0 unspecified atom stereocenters. The van der Waals surface area contributed by atoms with Gasteiger partial charge >= 0.3 is 0 Å². The summed E-state index contributed by atoms with van der Waals surface area (Å²) in [6.45, 7) is 0.277. The molecule has 2 nitrogen and oxygen atoms in total. The summed E-state index contributed by atoms with van der Waals surface area (Å²) in [4.78, 5) is 0. The van der Waals surface area contributed by atoms with E-state index in [4.69, 9.17) is 10.2 Å². The largest absolute Gasteiger partial charge is 0.468 e. The summed E-state index contributed by atoms with van der Waals surface area (Å²) >= 11 is 1.67. The van der Waals surface area contributed by atoms with Crippen LogP contribution in [0.5, 0.6) is 0 Å². The molecule has 0 bridgehead atoms. The van der Waals surface area contributed by atoms with Gasteiger partial charge < -0.3 is 10.2 Å². The van der Waals surface area contributed by atoms with Crippen LogP contribution < -0.4 is 5.73 Å². The van der Waals surface area contributed by atoms with Gasteiger partial charge in [0, 0.05) is 11.3 Å². The molecule has 2 N–H and O–H groups in total. The van der Waals surface area contributed by atoms with Gasteiger partial charge in [0.05, 0.1) is 18.6 Å². The molecule has 0 saturated heterocycles. The molecule has 0 radical (unpaired) electrons. The van der Waals surface area contributed by atoms with E-state index >= 15 is 0 Å². The molecule has 4 heteroatoms. The molecular formula is C15H14FNOS. The molecule has 2 rings (SSSR count). The number of thioether (sulfide) groups is 1. The lowest BCUT2D eigenvalue weighted by molar-refractivity contribution is 0.530. The molecule has 0 aliphatic heterocycles. The highest BCUT2D eigenvalue weighted by atomic mass is 32.2. The van der Waals surface area contributed by atoms with E-state index in [2.05, 4.69) is 11.8 Å². The van der Waals surface area contributed by atoms with Crippen molar-refractivity contribution in [3.05, 3.63) is 59.3 Å². The van der Waals surface area contributed by atoms with E-state index in [1.54, 1.807) is 18.0 Å². The Labute approximate surface area is 116 Å². The first-order chi connectivity index (χ1) is 9.28. The van der Waals surface area contributed by atoms with Crippen LogP contribution >= 0.6 is 11.8 Å². The number of rotatable bonds is 4. The predicted octanol–water partition coefficient (Wildman–Crippen LogP) is 3.16. The van der Waals surface area contributed by atoms with Gasteiger partial charge in [-0.25, -0.2) is 4.39 Å². The number of furan rings is 1. The maximum Gasteiger partial charge on any atom is 0.124 e. The first-order valence-corrected chi connectivity index (χ1v) is 7.02. The molecule has 98 valence electrons. The Kier molecular flexibility index (Phi) is 5.08. The van der Waals surface area contributed by atoms with Crippen molar-refractivity contribution in [2.24, 2.45) is 5.73 Å². The van der Waals surface area contributed by atoms with E-state index in [0.717, 1.165) is 22.8 Å². The first kappa shape index (κ1) is 13.7. The maximum atomic E-state index is 13.4. The van der Waals surface area contributed by atoms with Crippen molar-refractivity contribution in [3.8, 4) is 11.8 Å². The van der Waals surface area contributed by atoms with Crippen LogP contribution in [0.25, 0.3) is 0 Å². The van der Waals surface area contributed by atoms with Gasteiger partial charge in [-0.2, -0.15) is 0 Å². The molecule has 0 amide bonds. The van der Waals surface area contributed by atoms with Crippen LogP contribution in [0.1, 0.15) is 16.9 Å². The van der Waals surface area contributed by atoms with Crippen LogP contribution in [0.2, 0.25) is 0 Å². The zero-order valence-electron chi connectivity index (χ0n) is 10.4. The van der Waals surface area contributed by atoms with Crippen LogP contribution in [0.15, 0.2) is 41.0 Å². The second-order valence-electron chi connectivity index (χ2n) is 3.93. The lowest BCUT2D eigenvalue weighted by Gasteiger charge is -2.02. The van der Waals surface area contributed by atoms with Gasteiger partial charge in [-0.3, -0.25) is 0 Å². The van der Waals surface area contributed by atoms with E-state index in [1.165, 1.54) is 12.1 Å². The standard InChI is InChI=1S/C15H14FNOS/c16-14-8-12(3-1-5-17)7-13(9-14)10-19-11-15-4-2-6-18-15/h2,4,6-9H,5,10-11,17H2. The van der Waals surface area contributed by atoms with Gasteiger partial charge in [-0.1, -0.05) is 11.8 Å². The lowest BCUT2D eigenvalue weighted by Crippen LogP contribution is -1.93. The summed E-state index contributed by atoms with van der Waals surface area (Å²) in [6, 6.07) is 8.63. The summed E-state index contributed by atoms with van der Waals surface area (Å²) in [5.74, 6) is 7.72. The fraction of sp³-hybridized carbons (Fsp3) is 0.200. The minimum atomic E-state index is -0.266. The molecule has 1 aromatic heterocycles. The van der Waals surface area contributed by atoms with E-state index in [-0.39, 0.29) is 12.4 Å². The fourth-order valence-electron chi connectivity index (χ4n) is 1.62. The van der Waals surface area contributed by atoms with Gasteiger partial charge in [0.15, 0.2) is 0 Å². The molecule has 0 atom stereocenters. The highest BCUT2D eigenvalue weighted by Gasteiger charge is 2.01. The Morgan fingerprint density at radius 1 is 1.26 bits per heavy atom. The summed E-state index contributed by atoms with van der Waals surface area (Å²) in [5.41, 5.74) is 6.89. The van der Waals surface area contributed by atoms with Gasteiger partial charge in [0.1, 0.15) is 11.6 Å². The van der Waals surface area contributed by atoms with E-state index < -0.39 is 0 Å². The Morgan fingerprint density at radius 3 is 2.89 bits per heavy atom. The summed E-state index contributed by atoms with van der Waals surface area (Å²) in [6.07, 6.45) is 1.65. The van der Waals surface area contributed by atoms with Crippen molar-refractivity contribution in [1.82, 2.24) is 0 Å².